The van der Waals surface area contributed by atoms with Crippen LogP contribution in [0.25, 0.3) is 0 Å². The van der Waals surface area contributed by atoms with E-state index in [4.69, 9.17) is 0 Å². The molecule has 2 aromatic heterocycles. The van der Waals surface area contributed by atoms with Crippen LogP contribution in [0.1, 0.15) is 11.1 Å². The van der Waals surface area contributed by atoms with Gasteiger partial charge in [0, 0.05) is 29.5 Å². The van der Waals surface area contributed by atoms with Crippen LogP contribution < -0.4 is 9.13 Å². The van der Waals surface area contributed by atoms with E-state index >= 15 is 0 Å². The molecule has 0 aliphatic carbocycles. The Morgan fingerprint density at radius 2 is 1.71 bits per heavy atom. The highest BCUT2D eigenvalue weighted by atomic mass is 32.2. The second-order valence-corrected chi connectivity index (χ2v) is 6.60. The fourth-order valence-electron chi connectivity index (χ4n) is 2.07. The van der Waals surface area contributed by atoms with Gasteiger partial charge in [-0.05, 0) is 25.0 Å². The van der Waals surface area contributed by atoms with Crippen molar-refractivity contribution >= 4 is 10.1 Å². The van der Waals surface area contributed by atoms with Gasteiger partial charge in [0.25, 0.3) is 0 Å². The van der Waals surface area contributed by atoms with Gasteiger partial charge in [0.1, 0.15) is 0 Å². The Hall–Kier alpha value is -1.79. The Morgan fingerprint density at radius 1 is 1.05 bits per heavy atom. The Labute approximate surface area is 125 Å². The molecule has 2 rings (SSSR count). The van der Waals surface area contributed by atoms with Gasteiger partial charge in [0.2, 0.25) is 13.1 Å². The summed E-state index contributed by atoms with van der Waals surface area (Å²) in [5.41, 5.74) is 2.07. The zero-order valence-corrected chi connectivity index (χ0v) is 12.8. The quantitative estimate of drug-likeness (QED) is 0.572. The van der Waals surface area contributed by atoms with Crippen LogP contribution in [0.5, 0.6) is 0 Å². The van der Waals surface area contributed by atoms with Gasteiger partial charge in [-0.2, -0.15) is 9.13 Å². The van der Waals surface area contributed by atoms with Crippen molar-refractivity contribution in [2.75, 3.05) is 5.75 Å². The first-order valence-corrected chi connectivity index (χ1v) is 8.37. The lowest BCUT2D eigenvalue weighted by Crippen LogP contribution is -2.44. The van der Waals surface area contributed by atoms with Gasteiger partial charge in [0.05, 0.1) is 10.1 Å². The Kier molecular flexibility index (Phi) is 5.03. The van der Waals surface area contributed by atoms with Crippen molar-refractivity contribution in [2.24, 2.45) is 0 Å². The van der Waals surface area contributed by atoms with E-state index in [1.54, 1.807) is 0 Å². The second-order valence-electron chi connectivity index (χ2n) is 5.08. The molecule has 0 bridgehead atoms. The van der Waals surface area contributed by atoms with E-state index in [0.29, 0.717) is 0 Å². The largest absolute Gasteiger partial charge is 0.748 e. The van der Waals surface area contributed by atoms with Crippen LogP contribution in [-0.4, -0.2) is 18.7 Å². The van der Waals surface area contributed by atoms with Gasteiger partial charge in [-0.15, -0.1) is 0 Å². The molecule has 0 fully saturated rings. The summed E-state index contributed by atoms with van der Waals surface area (Å²) in [5.74, 6) is -0.351. The molecule has 6 heteroatoms. The Bertz CT molecular complexity index is 697. The fraction of sp³-hybridized carbons (Fsp3) is 0.333. The van der Waals surface area contributed by atoms with Crippen molar-refractivity contribution in [3.05, 3.63) is 60.2 Å². The monoisotopic (exact) mass is 307 g/mol. The summed E-state index contributed by atoms with van der Waals surface area (Å²) >= 11 is 0. The standard InChI is InChI=1S/C15H19N2O3S/c1-14-3-2-7-17(13-14)11-10-16-8-4-15(5-9-16)6-12-21(18,19)20/h2-5,7-9,13H,6,10-12H2,1H3/q+1. The van der Waals surface area contributed by atoms with E-state index in [9.17, 15) is 13.0 Å². The number of hydrogen-bond donors (Lipinski definition) is 0. The summed E-state index contributed by atoms with van der Waals surface area (Å²) in [7, 11) is -4.14. The summed E-state index contributed by atoms with van der Waals surface area (Å²) in [5, 5.41) is 0. The first kappa shape index (κ1) is 15.6. The highest BCUT2D eigenvalue weighted by Gasteiger charge is 2.07. The summed E-state index contributed by atoms with van der Waals surface area (Å²) in [6.45, 7) is 3.75. The van der Waals surface area contributed by atoms with E-state index in [1.165, 1.54) is 5.56 Å². The van der Waals surface area contributed by atoms with E-state index in [-0.39, 0.29) is 12.2 Å². The van der Waals surface area contributed by atoms with Gasteiger partial charge >= 0.3 is 0 Å². The van der Waals surface area contributed by atoms with Crippen molar-refractivity contribution in [3.8, 4) is 0 Å². The minimum absolute atomic E-state index is 0.263. The minimum atomic E-state index is -4.14. The normalized spacial score (nSPS) is 11.5. The molecule has 0 spiro atoms. The van der Waals surface area contributed by atoms with Gasteiger partial charge in [0.15, 0.2) is 24.8 Å². The molecule has 0 N–H and O–H groups in total. The summed E-state index contributed by atoms with van der Waals surface area (Å²) in [4.78, 5) is 0. The van der Waals surface area contributed by atoms with Crippen molar-refractivity contribution in [1.82, 2.24) is 0 Å². The molecular formula is C15H19N2O3S+. The molecule has 0 saturated heterocycles. The predicted octanol–water partition coefficient (Wildman–Crippen LogP) is 0.358. The van der Waals surface area contributed by atoms with Crippen molar-refractivity contribution in [2.45, 2.75) is 26.4 Å². The van der Waals surface area contributed by atoms with Crippen LogP contribution >= 0.6 is 0 Å². The van der Waals surface area contributed by atoms with E-state index in [1.807, 2.05) is 41.4 Å². The molecule has 112 valence electrons. The predicted molar refractivity (Wildman–Crippen MR) is 76.3 cm³/mol. The van der Waals surface area contributed by atoms with Crippen LogP contribution in [0, 0.1) is 6.92 Å². The lowest BCUT2D eigenvalue weighted by atomic mass is 10.2. The number of hydrogen-bond acceptors (Lipinski definition) is 3. The lowest BCUT2D eigenvalue weighted by molar-refractivity contribution is -0.778. The minimum Gasteiger partial charge on any atom is -0.748 e. The molecule has 2 aromatic rings. The highest BCUT2D eigenvalue weighted by Crippen LogP contribution is 1.99. The molecule has 0 atom stereocenters. The third-order valence-corrected chi connectivity index (χ3v) is 3.93. The van der Waals surface area contributed by atoms with Gasteiger partial charge in [-0.3, -0.25) is 0 Å². The average Bonchev–Trinajstić information content (AvgIpc) is 2.43. The molecular weight excluding hydrogens is 288 g/mol. The van der Waals surface area contributed by atoms with Crippen molar-refractivity contribution in [3.63, 3.8) is 0 Å². The van der Waals surface area contributed by atoms with Crippen LogP contribution in [0.15, 0.2) is 49.1 Å². The maximum atomic E-state index is 10.6. The number of rotatable bonds is 6. The average molecular weight is 307 g/mol. The third kappa shape index (κ3) is 5.61. The summed E-state index contributed by atoms with van der Waals surface area (Å²) in [6, 6.07) is 7.78. The lowest BCUT2D eigenvalue weighted by Gasteiger charge is -2.05. The van der Waals surface area contributed by atoms with Gasteiger partial charge in [-0.1, -0.05) is 0 Å². The molecule has 0 aliphatic heterocycles. The van der Waals surface area contributed by atoms with Crippen LogP contribution in [0.4, 0.5) is 0 Å². The Morgan fingerprint density at radius 3 is 2.33 bits per heavy atom. The summed E-state index contributed by atoms with van der Waals surface area (Å²) in [6.07, 6.45) is 8.20. The SMILES string of the molecule is Cc1ccc[n+](CC[n+]2ccc(CCS(=O)(=O)[O-])cc2)c1. The molecule has 21 heavy (non-hydrogen) atoms. The number of nitrogens with zero attached hydrogens (tertiary/aromatic N) is 2. The molecule has 0 amide bonds. The molecule has 0 aromatic carbocycles. The molecule has 5 nitrogen and oxygen atoms in total. The number of aromatic nitrogens is 2. The smallest absolute Gasteiger partial charge is 0.206 e. The first-order chi connectivity index (χ1) is 9.92. The maximum absolute atomic E-state index is 10.6. The van der Waals surface area contributed by atoms with E-state index < -0.39 is 10.1 Å². The number of pyridine rings is 2. The molecule has 2 heterocycles. The van der Waals surface area contributed by atoms with Crippen LogP contribution in [0.2, 0.25) is 0 Å². The van der Waals surface area contributed by atoms with Crippen LogP contribution in [0.3, 0.4) is 0 Å². The molecule has 0 radical (unpaired) electrons. The second kappa shape index (κ2) is 6.78. The van der Waals surface area contributed by atoms with Crippen molar-refractivity contribution in [1.29, 1.82) is 0 Å². The van der Waals surface area contributed by atoms with E-state index in [0.717, 1.165) is 18.7 Å². The Balaban J connectivity index is 1.90. The first-order valence-electron chi connectivity index (χ1n) is 6.80. The molecule has 0 aliphatic rings. The number of aryl methyl sites for hydroxylation is 4. The molecule has 0 saturated carbocycles. The maximum Gasteiger partial charge on any atom is 0.206 e. The van der Waals surface area contributed by atoms with Gasteiger partial charge in [-0.25, -0.2) is 8.42 Å². The van der Waals surface area contributed by atoms with Crippen molar-refractivity contribution < 1.29 is 22.1 Å². The zero-order chi connectivity index (χ0) is 15.3. The van der Waals surface area contributed by atoms with Gasteiger partial charge < -0.3 is 4.55 Å². The third-order valence-electron chi connectivity index (χ3n) is 3.22. The topological polar surface area (TPSA) is 65.0 Å². The molecule has 0 unspecified atom stereocenters. The summed E-state index contributed by atoms with van der Waals surface area (Å²) < 4.78 is 35.9. The fourth-order valence-corrected chi connectivity index (χ4v) is 2.56. The zero-order valence-electron chi connectivity index (χ0n) is 12.0. The van der Waals surface area contributed by atoms with Crippen LogP contribution in [-0.2, 0) is 29.6 Å². The highest BCUT2D eigenvalue weighted by molar-refractivity contribution is 7.85. The van der Waals surface area contributed by atoms with E-state index in [2.05, 4.69) is 23.8 Å².